The third-order valence-electron chi connectivity index (χ3n) is 23.1. The molecule has 3 heterocycles. The van der Waals surface area contributed by atoms with Crippen LogP contribution in [0.3, 0.4) is 0 Å². The second-order valence-corrected chi connectivity index (χ2v) is 33.3. The van der Waals surface area contributed by atoms with E-state index in [0.29, 0.717) is 44.9 Å². The van der Waals surface area contributed by atoms with Crippen LogP contribution in [0.5, 0.6) is 0 Å². The van der Waals surface area contributed by atoms with Gasteiger partial charge in [-0.05, 0) is 133 Å². The van der Waals surface area contributed by atoms with E-state index in [1.807, 2.05) is 27.7 Å². The Morgan fingerprint density at radius 1 is 0.670 bits per heavy atom. The van der Waals surface area contributed by atoms with Crippen LogP contribution in [0.4, 0.5) is 13.2 Å². The van der Waals surface area contributed by atoms with E-state index in [9.17, 15) is 41.9 Å². The minimum absolute atomic E-state index is 0.0269. The second kappa shape index (κ2) is 38.3. The SMILES string of the molecule is CCC(CC)[C@H]1C(=O)N(C)[C@H](C(=O)N(C)C)CC(=O)N(C)[C@@H](COC)C(=O)N[C@@H]([C@@H](C)CC)C(=O)N(C)CC(=O)N(C)[C@H]2C/C=C\CCN(C2=O)[C@@H](CC2CCC(C(F)(F)F)CC2)C(=O)N(C)CC(=O)N[C@@H](CCC2CCC(Cl)C(Cl)C2)C(=O)N2C[C@H](OC(C)C)C[C@H]2C(=O)NC2(CC(C)(C)C2)C(=O)N1C. The lowest BCUT2D eigenvalue weighted by Crippen LogP contribution is -2.71. The highest BCUT2D eigenvalue weighted by molar-refractivity contribution is 6.30. The first-order valence-corrected chi connectivity index (χ1v) is 38.9. The van der Waals surface area contributed by atoms with E-state index in [-0.39, 0.29) is 106 Å². The van der Waals surface area contributed by atoms with Crippen molar-refractivity contribution in [3.8, 4) is 0 Å². The molecule has 5 fully saturated rings. The molecule has 13 atom stereocenters. The van der Waals surface area contributed by atoms with Gasteiger partial charge >= 0.3 is 6.18 Å². The first-order valence-electron chi connectivity index (χ1n) is 38.0. The smallest absolute Gasteiger partial charge is 0.382 e. The minimum Gasteiger partial charge on any atom is -0.382 e. The third-order valence-corrected chi connectivity index (χ3v) is 24.3. The standard InChI is InChI=1S/C75H121Cl2F3N12O14/c1-18-45(6)62-70(102)86(12)40-61(95)87(13)54-24-22-21-23-33-91(69(54)101)57(35-47-25-29-49(30-26-47)75(78,79)80)68(100)85(11)39-59(93)81-53(32-28-46-27-31-51(76)52(77)34-46)66(98)92-38-50(106-44(4)5)36-55(92)65(97)83-74(42-73(7,8)43-74)72(104)90(16)63(48(19-2)20-3)71(103)89(15)56(67(99)84(9)10)37-60(94)88(14)58(41-105-17)64(96)82-62/h21-22,44-58,62-63H,18-20,23-43H2,1-17H3,(H,81,93)(H,82,96)(H,83,97)/b22-21-/t45-,46?,47?,49?,50+,51?,52?,53-,54-,55-,56-,57-,58-,62-,63-/m0/s1. The lowest BCUT2D eigenvalue weighted by atomic mass is 9.58. The van der Waals surface area contributed by atoms with Crippen LogP contribution in [0.25, 0.3) is 0 Å². The number of methoxy groups -OCH3 is 1. The zero-order valence-electron chi connectivity index (χ0n) is 65.6. The molecule has 0 aromatic rings. The lowest BCUT2D eigenvalue weighted by molar-refractivity contribution is -0.184. The Kier molecular flexibility index (Phi) is 32.0. The Labute approximate surface area is 635 Å². The van der Waals surface area contributed by atoms with Gasteiger partial charge in [-0.15, -0.1) is 23.2 Å². The van der Waals surface area contributed by atoms with Crippen LogP contribution < -0.4 is 16.0 Å². The maximum Gasteiger partial charge on any atom is 0.391 e. The lowest BCUT2D eigenvalue weighted by Gasteiger charge is -2.54. The molecule has 12 amide bonds. The summed E-state index contributed by atoms with van der Waals surface area (Å²) >= 11 is 13.3. The van der Waals surface area contributed by atoms with Crippen molar-refractivity contribution in [2.24, 2.45) is 35.0 Å². The summed E-state index contributed by atoms with van der Waals surface area (Å²) in [6.45, 7) is 12.8. The average molecular weight is 1540 g/mol. The van der Waals surface area contributed by atoms with Crippen LogP contribution >= 0.6 is 23.2 Å². The molecule has 3 N–H and O–H groups in total. The van der Waals surface area contributed by atoms with Crippen molar-refractivity contribution in [3.05, 3.63) is 12.2 Å². The van der Waals surface area contributed by atoms with Crippen molar-refractivity contribution in [2.45, 2.75) is 260 Å². The van der Waals surface area contributed by atoms with E-state index in [4.69, 9.17) is 32.7 Å². The van der Waals surface area contributed by atoms with Gasteiger partial charge in [-0.2, -0.15) is 13.2 Å². The van der Waals surface area contributed by atoms with Gasteiger partial charge in [0, 0.05) is 88.4 Å². The number of halogens is 5. The van der Waals surface area contributed by atoms with Crippen LogP contribution in [0.2, 0.25) is 0 Å². The molecule has 2 bridgehead atoms. The zero-order chi connectivity index (χ0) is 79.4. The van der Waals surface area contributed by atoms with Crippen molar-refractivity contribution in [1.82, 2.24) is 60.0 Å². The minimum atomic E-state index is -4.45. The van der Waals surface area contributed by atoms with Gasteiger partial charge in [0.1, 0.15) is 53.9 Å². The van der Waals surface area contributed by atoms with Gasteiger partial charge in [0.2, 0.25) is 70.9 Å². The summed E-state index contributed by atoms with van der Waals surface area (Å²) < 4.78 is 54.3. The average Bonchev–Trinajstić information content (AvgIpc) is 0.903. The molecule has 106 heavy (non-hydrogen) atoms. The molecular formula is C75H121Cl2F3N12O14. The number of hydrogen-bond acceptors (Lipinski definition) is 14. The Hall–Kier alpha value is -6.33. The molecule has 26 nitrogen and oxygen atoms in total. The van der Waals surface area contributed by atoms with E-state index >= 15 is 28.8 Å². The van der Waals surface area contributed by atoms with E-state index in [1.54, 1.807) is 39.8 Å². The number of carbonyl (C=O) groups is 12. The number of rotatable bonds is 15. The Balaban J connectivity index is 1.50. The van der Waals surface area contributed by atoms with Gasteiger partial charge in [0.05, 0.1) is 49.6 Å². The largest absolute Gasteiger partial charge is 0.391 e. The molecule has 0 radical (unpaired) electrons. The van der Waals surface area contributed by atoms with Gasteiger partial charge in [0.15, 0.2) is 0 Å². The monoisotopic (exact) mass is 1540 g/mol. The number of ether oxygens (including phenoxy) is 2. The predicted octanol–water partition coefficient (Wildman–Crippen LogP) is 5.97. The topological polar surface area (TPSA) is 289 Å². The predicted molar refractivity (Wildman–Crippen MR) is 394 cm³/mol. The van der Waals surface area contributed by atoms with Crippen LogP contribution in [-0.2, 0) is 67.0 Å². The van der Waals surface area contributed by atoms with Gasteiger partial charge in [-0.1, -0.05) is 73.0 Å². The Morgan fingerprint density at radius 3 is 1.86 bits per heavy atom. The summed E-state index contributed by atoms with van der Waals surface area (Å²) in [5.41, 5.74) is -2.19. The molecule has 6 rings (SSSR count). The molecule has 0 aromatic heterocycles. The van der Waals surface area contributed by atoms with Crippen molar-refractivity contribution in [2.75, 3.05) is 96.3 Å². The summed E-state index contributed by atoms with van der Waals surface area (Å²) in [6.07, 6.45) is 0.516. The number of nitrogens with zero attached hydrogens (tertiary/aromatic N) is 9. The quantitative estimate of drug-likeness (QED) is 0.126. The fourth-order valence-corrected chi connectivity index (χ4v) is 17.3. The molecule has 3 aliphatic heterocycles. The van der Waals surface area contributed by atoms with E-state index < -0.39 is 192 Å². The molecule has 1 spiro atoms. The maximum atomic E-state index is 15.8. The first kappa shape index (κ1) is 88.6. The molecule has 2 saturated heterocycles. The summed E-state index contributed by atoms with van der Waals surface area (Å²) in [7, 11) is 12.4. The first-order chi connectivity index (χ1) is 49.6. The fraction of sp³-hybridized carbons (Fsp3) is 0.813. The van der Waals surface area contributed by atoms with Crippen LogP contribution in [0.1, 0.15) is 177 Å². The molecule has 31 heteroatoms. The molecule has 0 aromatic carbocycles. The van der Waals surface area contributed by atoms with Crippen molar-refractivity contribution in [1.29, 1.82) is 0 Å². The maximum absolute atomic E-state index is 15.8. The van der Waals surface area contributed by atoms with Crippen molar-refractivity contribution < 1.29 is 80.2 Å². The molecule has 3 unspecified atom stereocenters. The summed E-state index contributed by atoms with van der Waals surface area (Å²) in [5.74, 6) is -11.8. The van der Waals surface area contributed by atoms with Crippen LogP contribution in [0.15, 0.2) is 12.2 Å². The highest BCUT2D eigenvalue weighted by Crippen LogP contribution is 2.50. The zero-order valence-corrected chi connectivity index (χ0v) is 67.1. The van der Waals surface area contributed by atoms with E-state index in [1.165, 1.54) is 83.1 Å². The van der Waals surface area contributed by atoms with Gasteiger partial charge in [-0.3, -0.25) is 57.5 Å². The van der Waals surface area contributed by atoms with Crippen LogP contribution in [0, 0.1) is 35.0 Å². The van der Waals surface area contributed by atoms with Crippen molar-refractivity contribution in [3.63, 3.8) is 0 Å². The van der Waals surface area contributed by atoms with E-state index in [2.05, 4.69) is 16.0 Å². The van der Waals surface area contributed by atoms with Crippen LogP contribution in [-0.4, -0.2) is 294 Å². The normalized spacial score (nSPS) is 31.1. The fourth-order valence-electron chi connectivity index (χ4n) is 16.7. The third kappa shape index (κ3) is 22.0. The number of amides is 12. The Bertz CT molecular complexity index is 3150. The second-order valence-electron chi connectivity index (χ2n) is 32.2. The highest BCUT2D eigenvalue weighted by Gasteiger charge is 2.59. The summed E-state index contributed by atoms with van der Waals surface area (Å²) in [5, 5.41) is 8.13. The molecule has 6 aliphatic rings. The summed E-state index contributed by atoms with van der Waals surface area (Å²) in [6, 6.07) is -10.8. The number of alkyl halides is 5. The van der Waals surface area contributed by atoms with Crippen molar-refractivity contribution >= 4 is 94.1 Å². The molecule has 600 valence electrons. The number of carbonyl (C=O) groups excluding carboxylic acids is 12. The number of nitrogens with one attached hydrogen (secondary N) is 3. The molecule has 3 aliphatic carbocycles. The number of hydrogen-bond donors (Lipinski definition) is 3. The van der Waals surface area contributed by atoms with Gasteiger partial charge in [0.25, 0.3) is 0 Å². The number of fused-ring (bicyclic) bond motifs is 3. The van der Waals surface area contributed by atoms with Gasteiger partial charge in [-0.25, -0.2) is 0 Å². The molecule has 3 saturated carbocycles. The summed E-state index contributed by atoms with van der Waals surface area (Å²) in [4.78, 5) is 193. The van der Waals surface area contributed by atoms with Gasteiger partial charge < -0.3 is 69.5 Å². The number of likely N-dealkylation sites (N-methyl/N-ethyl adjacent to an activating group) is 7. The Morgan fingerprint density at radius 2 is 1.29 bits per heavy atom. The molecular weight excluding hydrogens is 1420 g/mol. The van der Waals surface area contributed by atoms with E-state index in [0.717, 1.165) is 24.5 Å². The highest BCUT2D eigenvalue weighted by atomic mass is 35.5.